The van der Waals surface area contributed by atoms with Crippen molar-refractivity contribution < 1.29 is 4.79 Å². The molecule has 1 fully saturated rings. The Morgan fingerprint density at radius 1 is 1.21 bits per heavy atom. The second-order valence-corrected chi connectivity index (χ2v) is 6.16. The van der Waals surface area contributed by atoms with Crippen LogP contribution in [0.4, 0.5) is 11.4 Å². The van der Waals surface area contributed by atoms with Crippen LogP contribution in [-0.4, -0.2) is 48.5 Å². The van der Waals surface area contributed by atoms with Crippen LogP contribution in [0.1, 0.15) is 17.3 Å². The van der Waals surface area contributed by atoms with E-state index >= 15 is 0 Å². The number of anilines is 2. The first-order valence-corrected chi connectivity index (χ1v) is 8.54. The van der Waals surface area contributed by atoms with E-state index in [2.05, 4.69) is 27.0 Å². The number of carbonyl (C=O) groups excluding carboxylic acids is 1. The Bertz CT molecular complexity index is 699. The SMILES string of the molecule is CCN1CCN(c2c(Cl)cccc2NC(=O)c2cccnc2)CC1. The van der Waals surface area contributed by atoms with Gasteiger partial charge in [0.05, 0.1) is 22.0 Å². The van der Waals surface area contributed by atoms with Gasteiger partial charge >= 0.3 is 0 Å². The summed E-state index contributed by atoms with van der Waals surface area (Å²) in [6.45, 7) is 7.02. The van der Waals surface area contributed by atoms with E-state index in [1.807, 2.05) is 18.2 Å². The highest BCUT2D eigenvalue weighted by molar-refractivity contribution is 6.34. The van der Waals surface area contributed by atoms with Gasteiger partial charge in [-0.15, -0.1) is 0 Å². The largest absolute Gasteiger partial charge is 0.366 e. The molecule has 1 N–H and O–H groups in total. The summed E-state index contributed by atoms with van der Waals surface area (Å²) in [5.74, 6) is -0.182. The van der Waals surface area contributed by atoms with E-state index in [-0.39, 0.29) is 5.91 Å². The molecule has 126 valence electrons. The van der Waals surface area contributed by atoms with Gasteiger partial charge in [-0.3, -0.25) is 9.78 Å². The zero-order valence-corrected chi connectivity index (χ0v) is 14.5. The highest BCUT2D eigenvalue weighted by atomic mass is 35.5. The third-order valence-corrected chi connectivity index (χ3v) is 4.60. The van der Waals surface area contributed by atoms with Crippen LogP contribution in [0.2, 0.25) is 5.02 Å². The van der Waals surface area contributed by atoms with E-state index in [4.69, 9.17) is 11.6 Å². The van der Waals surface area contributed by atoms with E-state index in [9.17, 15) is 4.79 Å². The number of benzene rings is 1. The quantitative estimate of drug-likeness (QED) is 0.925. The zero-order chi connectivity index (χ0) is 16.9. The van der Waals surface area contributed by atoms with Gasteiger partial charge in [0, 0.05) is 38.6 Å². The maximum atomic E-state index is 12.4. The van der Waals surface area contributed by atoms with Crippen LogP contribution in [0, 0.1) is 0 Å². The lowest BCUT2D eigenvalue weighted by molar-refractivity contribution is 0.102. The number of carbonyl (C=O) groups is 1. The summed E-state index contributed by atoms with van der Waals surface area (Å²) in [5.41, 5.74) is 2.16. The highest BCUT2D eigenvalue weighted by Gasteiger charge is 2.21. The number of likely N-dealkylation sites (N-methyl/N-ethyl adjacent to an activating group) is 1. The van der Waals surface area contributed by atoms with Crippen molar-refractivity contribution in [3.8, 4) is 0 Å². The van der Waals surface area contributed by atoms with Gasteiger partial charge in [0.2, 0.25) is 0 Å². The molecule has 1 aliphatic rings. The van der Waals surface area contributed by atoms with Crippen LogP contribution < -0.4 is 10.2 Å². The Labute approximate surface area is 147 Å². The lowest BCUT2D eigenvalue weighted by atomic mass is 10.2. The Kier molecular flexibility index (Phi) is 5.33. The molecule has 0 saturated carbocycles. The molecule has 1 amide bonds. The van der Waals surface area contributed by atoms with Crippen LogP contribution >= 0.6 is 11.6 Å². The number of amides is 1. The minimum absolute atomic E-state index is 0.182. The topological polar surface area (TPSA) is 48.5 Å². The number of para-hydroxylation sites is 1. The molecule has 1 aromatic heterocycles. The molecule has 24 heavy (non-hydrogen) atoms. The lowest BCUT2D eigenvalue weighted by Gasteiger charge is -2.36. The van der Waals surface area contributed by atoms with Crippen molar-refractivity contribution in [3.63, 3.8) is 0 Å². The van der Waals surface area contributed by atoms with Gasteiger partial charge in [-0.1, -0.05) is 24.6 Å². The maximum Gasteiger partial charge on any atom is 0.257 e. The fraction of sp³-hybridized carbons (Fsp3) is 0.333. The molecule has 0 aliphatic carbocycles. The van der Waals surface area contributed by atoms with Crippen molar-refractivity contribution in [1.29, 1.82) is 0 Å². The van der Waals surface area contributed by atoms with E-state index < -0.39 is 0 Å². The van der Waals surface area contributed by atoms with Crippen molar-refractivity contribution in [1.82, 2.24) is 9.88 Å². The second-order valence-electron chi connectivity index (χ2n) is 5.75. The lowest BCUT2D eigenvalue weighted by Crippen LogP contribution is -2.46. The molecule has 0 atom stereocenters. The first-order valence-electron chi connectivity index (χ1n) is 8.16. The first-order chi connectivity index (χ1) is 11.7. The maximum absolute atomic E-state index is 12.4. The van der Waals surface area contributed by atoms with E-state index in [0.717, 1.165) is 44.1 Å². The zero-order valence-electron chi connectivity index (χ0n) is 13.7. The molecule has 2 heterocycles. The fourth-order valence-electron chi connectivity index (χ4n) is 2.92. The van der Waals surface area contributed by atoms with Crippen LogP contribution in [0.25, 0.3) is 0 Å². The van der Waals surface area contributed by atoms with E-state index in [1.54, 1.807) is 24.5 Å². The van der Waals surface area contributed by atoms with Crippen molar-refractivity contribution >= 4 is 28.9 Å². The Morgan fingerprint density at radius 2 is 2.00 bits per heavy atom. The summed E-state index contributed by atoms with van der Waals surface area (Å²) in [7, 11) is 0. The molecule has 0 radical (unpaired) electrons. The number of rotatable bonds is 4. The molecular formula is C18H21ClN4O. The van der Waals surface area contributed by atoms with Gasteiger partial charge in [0.1, 0.15) is 0 Å². The number of nitrogens with zero attached hydrogens (tertiary/aromatic N) is 3. The minimum Gasteiger partial charge on any atom is -0.366 e. The average Bonchev–Trinajstić information content (AvgIpc) is 2.63. The summed E-state index contributed by atoms with van der Waals surface area (Å²) in [6, 6.07) is 9.10. The van der Waals surface area contributed by atoms with E-state index in [0.29, 0.717) is 10.6 Å². The fourth-order valence-corrected chi connectivity index (χ4v) is 3.21. The van der Waals surface area contributed by atoms with Crippen molar-refractivity contribution in [2.45, 2.75) is 6.92 Å². The second kappa shape index (κ2) is 7.64. The van der Waals surface area contributed by atoms with Crippen LogP contribution in [0.5, 0.6) is 0 Å². The third kappa shape index (κ3) is 3.68. The number of hydrogen-bond donors (Lipinski definition) is 1. The standard InChI is InChI=1S/C18H21ClN4O/c1-2-22-9-11-23(12-10-22)17-15(19)6-3-7-16(17)21-18(24)14-5-4-8-20-13-14/h3-8,13H,2,9-12H2,1H3,(H,21,24). The summed E-state index contributed by atoms with van der Waals surface area (Å²) in [5, 5.41) is 3.63. The molecule has 6 heteroatoms. The number of hydrogen-bond acceptors (Lipinski definition) is 4. The molecule has 0 spiro atoms. The summed E-state index contributed by atoms with van der Waals surface area (Å²) in [6.07, 6.45) is 3.20. The monoisotopic (exact) mass is 344 g/mol. The number of halogens is 1. The highest BCUT2D eigenvalue weighted by Crippen LogP contribution is 2.34. The Hall–Kier alpha value is -2.11. The molecule has 0 unspecified atom stereocenters. The number of pyridine rings is 1. The van der Waals surface area contributed by atoms with Crippen LogP contribution in [0.15, 0.2) is 42.7 Å². The number of nitrogens with one attached hydrogen (secondary N) is 1. The van der Waals surface area contributed by atoms with Crippen LogP contribution in [0.3, 0.4) is 0 Å². The summed E-state index contributed by atoms with van der Waals surface area (Å²) in [4.78, 5) is 21.1. The first kappa shape index (κ1) is 16.7. The van der Waals surface area contributed by atoms with Gasteiger partial charge in [0.25, 0.3) is 5.91 Å². The Balaban J connectivity index is 1.82. The van der Waals surface area contributed by atoms with Gasteiger partial charge in [-0.05, 0) is 30.8 Å². The normalized spacial score (nSPS) is 15.3. The number of piperazine rings is 1. The molecule has 1 saturated heterocycles. The van der Waals surface area contributed by atoms with Crippen molar-refractivity contribution in [3.05, 3.63) is 53.3 Å². The molecular weight excluding hydrogens is 324 g/mol. The minimum atomic E-state index is -0.182. The molecule has 1 aliphatic heterocycles. The van der Waals surface area contributed by atoms with Gasteiger partial charge in [-0.2, -0.15) is 0 Å². The van der Waals surface area contributed by atoms with Gasteiger partial charge in [0.15, 0.2) is 0 Å². The molecule has 2 aromatic rings. The summed E-state index contributed by atoms with van der Waals surface area (Å²) < 4.78 is 0. The predicted octanol–water partition coefficient (Wildman–Crippen LogP) is 3.13. The van der Waals surface area contributed by atoms with Gasteiger partial charge < -0.3 is 15.1 Å². The predicted molar refractivity (Wildman–Crippen MR) is 98.0 cm³/mol. The third-order valence-electron chi connectivity index (χ3n) is 4.29. The van der Waals surface area contributed by atoms with Crippen molar-refractivity contribution in [2.75, 3.05) is 42.9 Å². The average molecular weight is 345 g/mol. The van der Waals surface area contributed by atoms with E-state index in [1.165, 1.54) is 0 Å². The summed E-state index contributed by atoms with van der Waals surface area (Å²) >= 11 is 6.44. The molecule has 3 rings (SSSR count). The number of aromatic nitrogens is 1. The molecule has 1 aromatic carbocycles. The van der Waals surface area contributed by atoms with Crippen LogP contribution in [-0.2, 0) is 0 Å². The van der Waals surface area contributed by atoms with Gasteiger partial charge in [-0.25, -0.2) is 0 Å². The molecule has 0 bridgehead atoms. The molecule has 5 nitrogen and oxygen atoms in total. The Morgan fingerprint density at radius 3 is 2.67 bits per heavy atom. The van der Waals surface area contributed by atoms with Crippen molar-refractivity contribution in [2.24, 2.45) is 0 Å². The smallest absolute Gasteiger partial charge is 0.257 e.